The fourth-order valence-electron chi connectivity index (χ4n) is 2.78. The summed E-state index contributed by atoms with van der Waals surface area (Å²) in [5.74, 6) is -1.60. The molecule has 0 unspecified atom stereocenters. The number of nitrogens with zero attached hydrogens (tertiary/aromatic N) is 1. The van der Waals surface area contributed by atoms with Gasteiger partial charge in [-0.2, -0.15) is 0 Å². The maximum atomic E-state index is 13.0. The van der Waals surface area contributed by atoms with Gasteiger partial charge >= 0.3 is 12.0 Å². The Morgan fingerprint density at radius 1 is 1.16 bits per heavy atom. The second kappa shape index (κ2) is 10.6. The van der Waals surface area contributed by atoms with Crippen molar-refractivity contribution in [1.29, 1.82) is 0 Å². The minimum Gasteiger partial charge on any atom is -0.480 e. The van der Waals surface area contributed by atoms with E-state index in [1.165, 1.54) is 6.08 Å². The van der Waals surface area contributed by atoms with Crippen molar-refractivity contribution in [3.05, 3.63) is 60.1 Å². The zero-order valence-corrected chi connectivity index (χ0v) is 21.8. The van der Waals surface area contributed by atoms with Gasteiger partial charge in [-0.15, -0.1) is 0 Å². The summed E-state index contributed by atoms with van der Waals surface area (Å²) in [6.07, 6.45) is 1.39. The molecule has 0 radical (unpaired) electrons. The van der Waals surface area contributed by atoms with E-state index in [9.17, 15) is 19.2 Å². The Morgan fingerprint density at radius 2 is 1.84 bits per heavy atom. The third-order valence-electron chi connectivity index (χ3n) is 4.16. The van der Waals surface area contributed by atoms with Crippen molar-refractivity contribution in [3.8, 4) is 5.75 Å². The molecule has 1 aliphatic heterocycles. The number of barbiturate groups is 1. The van der Waals surface area contributed by atoms with Crippen molar-refractivity contribution in [1.82, 2.24) is 5.32 Å². The van der Waals surface area contributed by atoms with Crippen molar-refractivity contribution in [2.24, 2.45) is 0 Å². The van der Waals surface area contributed by atoms with Gasteiger partial charge in [-0.25, -0.2) is 14.5 Å². The van der Waals surface area contributed by atoms with E-state index in [4.69, 9.17) is 9.47 Å². The van der Waals surface area contributed by atoms with E-state index in [-0.39, 0.29) is 18.8 Å². The summed E-state index contributed by atoms with van der Waals surface area (Å²) in [4.78, 5) is 50.1. The third kappa shape index (κ3) is 5.56. The third-order valence-corrected chi connectivity index (χ3v) is 6.08. The van der Waals surface area contributed by atoms with Crippen LogP contribution in [-0.4, -0.2) is 37.0 Å². The number of carbonyl (C=O) groups is 4. The lowest BCUT2D eigenvalue weighted by atomic mass is 10.1. The van der Waals surface area contributed by atoms with E-state index in [0.29, 0.717) is 25.0 Å². The maximum Gasteiger partial charge on any atom is 0.344 e. The number of imide groups is 2. The van der Waals surface area contributed by atoms with Crippen LogP contribution in [0.1, 0.15) is 12.5 Å². The molecule has 1 aliphatic rings. The number of halogens is 3. The van der Waals surface area contributed by atoms with Gasteiger partial charge in [-0.3, -0.25) is 14.9 Å². The molecule has 0 aromatic heterocycles. The smallest absolute Gasteiger partial charge is 0.344 e. The van der Waals surface area contributed by atoms with Gasteiger partial charge in [-0.1, -0.05) is 15.9 Å². The Balaban J connectivity index is 1.89. The van der Waals surface area contributed by atoms with E-state index >= 15 is 0 Å². The van der Waals surface area contributed by atoms with Gasteiger partial charge in [0.1, 0.15) is 11.3 Å². The summed E-state index contributed by atoms with van der Waals surface area (Å²) < 4.78 is 12.3. The number of carbonyl (C=O) groups excluding carboxylic acids is 4. The second-order valence-corrected chi connectivity index (χ2v) is 9.27. The first-order valence-corrected chi connectivity index (χ1v) is 11.8. The molecule has 32 heavy (non-hydrogen) atoms. The Hall–Kier alpha value is -2.25. The molecule has 0 atom stereocenters. The Kier molecular flexibility index (Phi) is 8.06. The van der Waals surface area contributed by atoms with Crippen LogP contribution in [0, 0.1) is 3.57 Å². The molecule has 1 saturated heterocycles. The summed E-state index contributed by atoms with van der Waals surface area (Å²) in [6, 6.07) is 9.04. The number of nitrogens with one attached hydrogen (secondary N) is 1. The van der Waals surface area contributed by atoms with Gasteiger partial charge in [0.2, 0.25) is 0 Å². The first-order valence-electron chi connectivity index (χ1n) is 9.15. The molecule has 1 heterocycles. The molecule has 4 amide bonds. The number of hydrogen-bond acceptors (Lipinski definition) is 6. The van der Waals surface area contributed by atoms with E-state index in [0.717, 1.165) is 9.37 Å². The number of esters is 1. The molecule has 2 aromatic rings. The normalized spacial score (nSPS) is 15.1. The minimum atomic E-state index is -0.821. The van der Waals surface area contributed by atoms with Crippen LogP contribution in [0.2, 0.25) is 0 Å². The van der Waals surface area contributed by atoms with Crippen molar-refractivity contribution < 1.29 is 28.7 Å². The molecule has 1 N–H and O–H groups in total. The number of hydrogen-bond donors (Lipinski definition) is 1. The van der Waals surface area contributed by atoms with Gasteiger partial charge in [0.15, 0.2) is 6.61 Å². The van der Waals surface area contributed by atoms with Gasteiger partial charge in [-0.05, 0) is 93.5 Å². The highest BCUT2D eigenvalue weighted by molar-refractivity contribution is 14.1. The number of ether oxygens (including phenoxy) is 2. The fraction of sp³-hybridized carbons (Fsp3) is 0.143. The van der Waals surface area contributed by atoms with E-state index in [1.54, 1.807) is 43.3 Å². The second-order valence-electron chi connectivity index (χ2n) is 6.34. The van der Waals surface area contributed by atoms with Crippen LogP contribution in [0.25, 0.3) is 6.08 Å². The van der Waals surface area contributed by atoms with Crippen molar-refractivity contribution in [3.63, 3.8) is 0 Å². The van der Waals surface area contributed by atoms with Crippen molar-refractivity contribution in [2.45, 2.75) is 6.92 Å². The number of anilines is 1. The van der Waals surface area contributed by atoms with Gasteiger partial charge in [0.25, 0.3) is 11.8 Å². The maximum absolute atomic E-state index is 13.0. The Labute approximate surface area is 213 Å². The number of urea groups is 1. The summed E-state index contributed by atoms with van der Waals surface area (Å²) in [5.41, 5.74) is 0.649. The minimum absolute atomic E-state index is 0.199. The van der Waals surface area contributed by atoms with Gasteiger partial charge in [0.05, 0.1) is 20.3 Å². The topological polar surface area (TPSA) is 102 Å². The molecule has 0 bridgehead atoms. The van der Waals surface area contributed by atoms with Crippen molar-refractivity contribution >= 4 is 90.0 Å². The number of rotatable bonds is 6. The lowest BCUT2D eigenvalue weighted by Gasteiger charge is -2.26. The zero-order chi connectivity index (χ0) is 23.4. The lowest BCUT2D eigenvalue weighted by Crippen LogP contribution is -2.54. The molecule has 0 saturated carbocycles. The van der Waals surface area contributed by atoms with Crippen LogP contribution < -0.4 is 15.0 Å². The van der Waals surface area contributed by atoms with Crippen LogP contribution in [0.4, 0.5) is 10.5 Å². The van der Waals surface area contributed by atoms with Crippen LogP contribution in [0.15, 0.2) is 50.9 Å². The van der Waals surface area contributed by atoms with Crippen LogP contribution >= 0.6 is 54.5 Å². The monoisotopic (exact) mass is 676 g/mol. The number of amides is 4. The molecule has 0 spiro atoms. The average molecular weight is 678 g/mol. The Bertz CT molecular complexity index is 1110. The molecule has 2 aromatic carbocycles. The SMILES string of the molecule is CCOC(=O)COc1c(Br)cc(/C=C2\C(=O)NC(=O)N(c3ccc(Br)cc3)C2=O)cc1I. The molecular weight excluding hydrogens is 663 g/mol. The van der Waals surface area contributed by atoms with Crippen molar-refractivity contribution in [2.75, 3.05) is 18.1 Å². The first kappa shape index (κ1) is 24.4. The van der Waals surface area contributed by atoms with Crippen LogP contribution in [-0.2, 0) is 19.1 Å². The summed E-state index contributed by atoms with van der Waals surface area (Å²) in [6.45, 7) is 1.70. The van der Waals surface area contributed by atoms with E-state index < -0.39 is 23.8 Å². The molecule has 1 fully saturated rings. The Morgan fingerprint density at radius 3 is 2.47 bits per heavy atom. The zero-order valence-electron chi connectivity index (χ0n) is 16.5. The van der Waals surface area contributed by atoms with Crippen LogP contribution in [0.3, 0.4) is 0 Å². The highest BCUT2D eigenvalue weighted by Crippen LogP contribution is 2.33. The predicted octanol–water partition coefficient (Wildman–Crippen LogP) is 4.42. The molecule has 0 aliphatic carbocycles. The highest BCUT2D eigenvalue weighted by atomic mass is 127. The highest BCUT2D eigenvalue weighted by Gasteiger charge is 2.36. The molecule has 3 rings (SSSR count). The summed E-state index contributed by atoms with van der Waals surface area (Å²) >= 11 is 8.70. The predicted molar refractivity (Wildman–Crippen MR) is 132 cm³/mol. The molecule has 8 nitrogen and oxygen atoms in total. The molecular formula is C21H15Br2IN2O6. The standard InChI is InChI=1S/C21H15Br2IN2O6/c1-2-31-17(27)10-32-18-15(23)8-11(9-16(18)24)7-14-19(28)25-21(30)26(20(14)29)13-5-3-12(22)4-6-13/h3-9H,2,10H2,1H3,(H,25,28,30)/b14-7+. The van der Waals surface area contributed by atoms with E-state index in [1.807, 2.05) is 22.6 Å². The fourth-order valence-corrected chi connectivity index (χ4v) is 4.82. The summed E-state index contributed by atoms with van der Waals surface area (Å²) in [5, 5.41) is 2.19. The molecule has 11 heteroatoms. The summed E-state index contributed by atoms with van der Waals surface area (Å²) in [7, 11) is 0. The van der Waals surface area contributed by atoms with Gasteiger partial charge in [0, 0.05) is 4.47 Å². The first-order chi connectivity index (χ1) is 15.2. The quantitative estimate of drug-likeness (QED) is 0.210. The van der Waals surface area contributed by atoms with Crippen LogP contribution in [0.5, 0.6) is 5.75 Å². The molecule has 166 valence electrons. The average Bonchev–Trinajstić information content (AvgIpc) is 2.72. The van der Waals surface area contributed by atoms with E-state index in [2.05, 4.69) is 37.2 Å². The largest absolute Gasteiger partial charge is 0.480 e. The number of benzene rings is 2. The van der Waals surface area contributed by atoms with Gasteiger partial charge < -0.3 is 9.47 Å². The lowest BCUT2D eigenvalue weighted by molar-refractivity contribution is -0.145.